The Labute approximate surface area is 79.6 Å². The molecule has 1 atom stereocenters. The van der Waals surface area contributed by atoms with Crippen LogP contribution in [0, 0.1) is 0 Å². The van der Waals surface area contributed by atoms with Crippen LogP contribution in [0.5, 0.6) is 0 Å². The Morgan fingerprint density at radius 3 is 2.83 bits per heavy atom. The monoisotopic (exact) mass is 183 g/mol. The highest BCUT2D eigenvalue weighted by atomic mass is 35.5. The third-order valence-corrected chi connectivity index (χ3v) is 2.48. The Hall–Kier alpha value is -0.530. The molecule has 1 aliphatic rings. The van der Waals surface area contributed by atoms with Gasteiger partial charge in [-0.25, -0.2) is 0 Å². The summed E-state index contributed by atoms with van der Waals surface area (Å²) in [5.74, 6) is 0. The maximum atomic E-state index is 3.32. The zero-order valence-corrected chi connectivity index (χ0v) is 8.03. The highest BCUT2D eigenvalue weighted by Gasteiger charge is 2.19. The summed E-state index contributed by atoms with van der Waals surface area (Å²) < 4.78 is 0. The predicted octanol–water partition coefficient (Wildman–Crippen LogP) is 2.32. The number of benzene rings is 1. The molecule has 0 aliphatic heterocycles. The summed E-state index contributed by atoms with van der Waals surface area (Å²) >= 11 is 0. The third kappa shape index (κ3) is 1.47. The van der Waals surface area contributed by atoms with E-state index in [1.807, 2.05) is 7.05 Å². The summed E-state index contributed by atoms with van der Waals surface area (Å²) in [6.07, 6.45) is 2.50. The molecule has 1 N–H and O–H groups in total. The van der Waals surface area contributed by atoms with Crippen LogP contribution in [-0.2, 0) is 6.42 Å². The summed E-state index contributed by atoms with van der Waals surface area (Å²) in [5, 5.41) is 3.32. The Kier molecular flexibility index (Phi) is 3.12. The highest BCUT2D eigenvalue weighted by Crippen LogP contribution is 2.29. The average Bonchev–Trinajstić information content (AvgIpc) is 2.47. The van der Waals surface area contributed by atoms with Gasteiger partial charge in [-0.15, -0.1) is 12.4 Å². The second-order valence-electron chi connectivity index (χ2n) is 3.08. The normalized spacial score (nSPS) is 19.9. The molecule has 0 amide bonds. The molecule has 0 saturated heterocycles. The van der Waals surface area contributed by atoms with Crippen LogP contribution in [0.2, 0.25) is 0 Å². The SMILES string of the molecule is CN[C@@H]1CCc2ccccc21.Cl. The van der Waals surface area contributed by atoms with Gasteiger partial charge in [0, 0.05) is 6.04 Å². The van der Waals surface area contributed by atoms with E-state index in [1.54, 1.807) is 0 Å². The lowest BCUT2D eigenvalue weighted by molar-refractivity contribution is 0.590. The maximum Gasteiger partial charge on any atom is 0.0323 e. The van der Waals surface area contributed by atoms with Crippen molar-refractivity contribution in [3.63, 3.8) is 0 Å². The van der Waals surface area contributed by atoms with E-state index in [4.69, 9.17) is 0 Å². The van der Waals surface area contributed by atoms with Crippen molar-refractivity contribution in [2.24, 2.45) is 0 Å². The maximum absolute atomic E-state index is 3.32. The van der Waals surface area contributed by atoms with Gasteiger partial charge in [0.25, 0.3) is 0 Å². The zero-order valence-electron chi connectivity index (χ0n) is 7.21. The summed E-state index contributed by atoms with van der Waals surface area (Å²) in [6.45, 7) is 0. The summed E-state index contributed by atoms with van der Waals surface area (Å²) in [4.78, 5) is 0. The van der Waals surface area contributed by atoms with Crippen molar-refractivity contribution in [2.45, 2.75) is 18.9 Å². The summed E-state index contributed by atoms with van der Waals surface area (Å²) in [6, 6.07) is 9.30. The van der Waals surface area contributed by atoms with Crippen LogP contribution >= 0.6 is 12.4 Å². The van der Waals surface area contributed by atoms with Crippen LogP contribution in [-0.4, -0.2) is 7.05 Å². The van der Waals surface area contributed by atoms with Crippen LogP contribution in [0.15, 0.2) is 24.3 Å². The van der Waals surface area contributed by atoms with Crippen molar-refractivity contribution in [1.82, 2.24) is 5.32 Å². The molecule has 66 valence electrons. The minimum atomic E-state index is 0. The minimum Gasteiger partial charge on any atom is -0.313 e. The lowest BCUT2D eigenvalue weighted by Crippen LogP contribution is -2.12. The highest BCUT2D eigenvalue weighted by molar-refractivity contribution is 5.85. The lowest BCUT2D eigenvalue weighted by atomic mass is 10.1. The molecule has 0 saturated carbocycles. The first-order valence-electron chi connectivity index (χ1n) is 4.17. The second-order valence-corrected chi connectivity index (χ2v) is 3.08. The Bertz CT molecular complexity index is 260. The van der Waals surface area contributed by atoms with Crippen LogP contribution in [0.1, 0.15) is 23.6 Å². The van der Waals surface area contributed by atoms with Gasteiger partial charge in [0.05, 0.1) is 0 Å². The third-order valence-electron chi connectivity index (χ3n) is 2.48. The number of rotatable bonds is 1. The van der Waals surface area contributed by atoms with Gasteiger partial charge >= 0.3 is 0 Å². The number of aryl methyl sites for hydroxylation is 1. The first-order chi connectivity index (χ1) is 5.42. The molecule has 1 nitrogen and oxygen atoms in total. The molecule has 0 aromatic heterocycles. The second kappa shape index (κ2) is 3.92. The van der Waals surface area contributed by atoms with Gasteiger partial charge in [0.1, 0.15) is 0 Å². The van der Waals surface area contributed by atoms with Crippen molar-refractivity contribution >= 4 is 12.4 Å². The largest absolute Gasteiger partial charge is 0.313 e. The quantitative estimate of drug-likeness (QED) is 0.705. The van der Waals surface area contributed by atoms with E-state index in [2.05, 4.69) is 29.6 Å². The van der Waals surface area contributed by atoms with Crippen LogP contribution in [0.4, 0.5) is 0 Å². The van der Waals surface area contributed by atoms with E-state index < -0.39 is 0 Å². The van der Waals surface area contributed by atoms with E-state index in [-0.39, 0.29) is 12.4 Å². The molecule has 0 unspecified atom stereocenters. The summed E-state index contributed by atoms with van der Waals surface area (Å²) in [7, 11) is 2.03. The molecule has 12 heavy (non-hydrogen) atoms. The molecule has 0 bridgehead atoms. The molecule has 0 radical (unpaired) electrons. The fourth-order valence-electron chi connectivity index (χ4n) is 1.86. The molecule has 0 spiro atoms. The Balaban J connectivity index is 0.000000720. The van der Waals surface area contributed by atoms with E-state index in [0.29, 0.717) is 6.04 Å². The van der Waals surface area contributed by atoms with Crippen molar-refractivity contribution < 1.29 is 0 Å². The first kappa shape index (κ1) is 9.56. The fraction of sp³-hybridized carbons (Fsp3) is 0.400. The molecular formula is C10H14ClN. The molecule has 1 aliphatic carbocycles. The number of fused-ring (bicyclic) bond motifs is 1. The summed E-state index contributed by atoms with van der Waals surface area (Å²) in [5.41, 5.74) is 3.02. The van der Waals surface area contributed by atoms with Crippen molar-refractivity contribution in [3.8, 4) is 0 Å². The fourth-order valence-corrected chi connectivity index (χ4v) is 1.86. The first-order valence-corrected chi connectivity index (χ1v) is 4.17. The van der Waals surface area contributed by atoms with Crippen LogP contribution in [0.3, 0.4) is 0 Å². The topological polar surface area (TPSA) is 12.0 Å². The van der Waals surface area contributed by atoms with Crippen LogP contribution in [0.25, 0.3) is 0 Å². The van der Waals surface area contributed by atoms with Crippen molar-refractivity contribution in [2.75, 3.05) is 7.05 Å². The molecule has 1 aromatic rings. The number of halogens is 1. The van der Waals surface area contributed by atoms with Gasteiger partial charge in [-0.05, 0) is 31.0 Å². The van der Waals surface area contributed by atoms with Gasteiger partial charge in [-0.3, -0.25) is 0 Å². The van der Waals surface area contributed by atoms with Gasteiger partial charge in [-0.2, -0.15) is 0 Å². The number of hydrogen-bond donors (Lipinski definition) is 1. The van der Waals surface area contributed by atoms with E-state index >= 15 is 0 Å². The van der Waals surface area contributed by atoms with E-state index in [1.165, 1.54) is 24.0 Å². The van der Waals surface area contributed by atoms with Crippen molar-refractivity contribution in [3.05, 3.63) is 35.4 Å². The molecule has 0 fully saturated rings. The van der Waals surface area contributed by atoms with Gasteiger partial charge in [-0.1, -0.05) is 24.3 Å². The van der Waals surface area contributed by atoms with E-state index in [0.717, 1.165) is 0 Å². The van der Waals surface area contributed by atoms with Crippen LogP contribution < -0.4 is 5.32 Å². The average molecular weight is 184 g/mol. The number of nitrogens with one attached hydrogen (secondary N) is 1. The van der Waals surface area contributed by atoms with Crippen molar-refractivity contribution in [1.29, 1.82) is 0 Å². The minimum absolute atomic E-state index is 0. The van der Waals surface area contributed by atoms with E-state index in [9.17, 15) is 0 Å². The smallest absolute Gasteiger partial charge is 0.0323 e. The molecular weight excluding hydrogens is 170 g/mol. The zero-order chi connectivity index (χ0) is 7.68. The molecule has 0 heterocycles. The van der Waals surface area contributed by atoms with Gasteiger partial charge in [0.2, 0.25) is 0 Å². The lowest BCUT2D eigenvalue weighted by Gasteiger charge is -2.08. The Morgan fingerprint density at radius 1 is 1.33 bits per heavy atom. The van der Waals surface area contributed by atoms with Gasteiger partial charge in [0.15, 0.2) is 0 Å². The predicted molar refractivity (Wildman–Crippen MR) is 53.8 cm³/mol. The molecule has 2 heteroatoms. The van der Waals surface area contributed by atoms with Gasteiger partial charge < -0.3 is 5.32 Å². The standard InChI is InChI=1S/C10H13N.ClH/c1-11-10-7-6-8-4-2-3-5-9(8)10;/h2-5,10-11H,6-7H2,1H3;1H/t10-;/m1./s1. The Morgan fingerprint density at radius 2 is 2.08 bits per heavy atom. The molecule has 1 aromatic carbocycles. The number of hydrogen-bond acceptors (Lipinski definition) is 1. The molecule has 2 rings (SSSR count).